The van der Waals surface area contributed by atoms with Crippen LogP contribution in [0.2, 0.25) is 0 Å². The summed E-state index contributed by atoms with van der Waals surface area (Å²) in [5, 5.41) is 6.92. The quantitative estimate of drug-likeness (QED) is 0.608. The van der Waals surface area contributed by atoms with Gasteiger partial charge in [0.2, 0.25) is 17.0 Å². The van der Waals surface area contributed by atoms with Gasteiger partial charge in [-0.05, 0) is 6.42 Å². The van der Waals surface area contributed by atoms with E-state index in [-0.39, 0.29) is 17.9 Å². The summed E-state index contributed by atoms with van der Waals surface area (Å²) in [6, 6.07) is 0.236. The molecule has 0 aliphatic carbocycles. The number of rotatable bonds is 4. The van der Waals surface area contributed by atoms with Crippen molar-refractivity contribution in [3.05, 3.63) is 12.2 Å². The van der Waals surface area contributed by atoms with E-state index in [0.717, 1.165) is 6.42 Å². The van der Waals surface area contributed by atoms with Gasteiger partial charge in [0.15, 0.2) is 0 Å². The zero-order valence-electron chi connectivity index (χ0n) is 9.59. The zero-order chi connectivity index (χ0) is 12.3. The van der Waals surface area contributed by atoms with Crippen molar-refractivity contribution in [3.8, 4) is 0 Å². The molecule has 17 heavy (non-hydrogen) atoms. The second-order valence-corrected chi connectivity index (χ2v) is 4.68. The molecule has 1 aromatic heterocycles. The predicted octanol–water partition coefficient (Wildman–Crippen LogP) is 0.656. The van der Waals surface area contributed by atoms with Crippen LogP contribution in [0.1, 0.15) is 13.3 Å². The molecule has 0 saturated carbocycles. The largest absolute Gasteiger partial charge is 0.368 e. The van der Waals surface area contributed by atoms with E-state index in [9.17, 15) is 4.79 Å². The smallest absolute Gasteiger partial charge is 0.233 e. The number of nitrogens with zero attached hydrogens (tertiary/aromatic N) is 3. The zero-order valence-corrected chi connectivity index (χ0v) is 10.4. The number of anilines is 1. The van der Waals surface area contributed by atoms with Crippen LogP contribution >= 0.6 is 11.8 Å². The van der Waals surface area contributed by atoms with Gasteiger partial charge in [0.05, 0.1) is 11.8 Å². The third kappa shape index (κ3) is 2.79. The SMILES string of the molecule is CCC1C=CCN1C(=O)CSc1n[nH]c(N)n1. The minimum Gasteiger partial charge on any atom is -0.368 e. The minimum atomic E-state index is 0.107. The highest BCUT2D eigenvalue weighted by Crippen LogP contribution is 2.18. The van der Waals surface area contributed by atoms with Crippen molar-refractivity contribution in [2.75, 3.05) is 18.0 Å². The molecular formula is C10H15N5OS. The Kier molecular flexibility index (Phi) is 3.68. The summed E-state index contributed by atoms with van der Waals surface area (Å²) < 4.78 is 0. The molecule has 0 saturated heterocycles. The maximum Gasteiger partial charge on any atom is 0.233 e. The van der Waals surface area contributed by atoms with E-state index < -0.39 is 0 Å². The number of nitrogens with one attached hydrogen (secondary N) is 1. The normalized spacial score (nSPS) is 18.9. The molecule has 1 aliphatic rings. The third-order valence-corrected chi connectivity index (χ3v) is 3.44. The number of hydrogen-bond donors (Lipinski definition) is 2. The van der Waals surface area contributed by atoms with Crippen molar-refractivity contribution in [1.29, 1.82) is 0 Å². The Bertz CT molecular complexity index is 430. The van der Waals surface area contributed by atoms with E-state index in [1.807, 2.05) is 11.0 Å². The van der Waals surface area contributed by atoms with Gasteiger partial charge in [0.1, 0.15) is 0 Å². The van der Waals surface area contributed by atoms with E-state index >= 15 is 0 Å². The van der Waals surface area contributed by atoms with Crippen LogP contribution in [0.15, 0.2) is 17.3 Å². The lowest BCUT2D eigenvalue weighted by Crippen LogP contribution is -2.36. The maximum atomic E-state index is 12.0. The van der Waals surface area contributed by atoms with Crippen molar-refractivity contribution in [1.82, 2.24) is 20.1 Å². The Morgan fingerprint density at radius 3 is 3.24 bits per heavy atom. The number of nitrogen functional groups attached to an aromatic ring is 1. The molecule has 7 heteroatoms. The number of hydrogen-bond acceptors (Lipinski definition) is 5. The van der Waals surface area contributed by atoms with Gasteiger partial charge in [-0.3, -0.25) is 4.79 Å². The van der Waals surface area contributed by atoms with Crippen LogP contribution in [0, 0.1) is 0 Å². The van der Waals surface area contributed by atoms with Crippen LogP contribution in [0.3, 0.4) is 0 Å². The highest BCUT2D eigenvalue weighted by Gasteiger charge is 2.23. The second-order valence-electron chi connectivity index (χ2n) is 3.74. The fourth-order valence-corrected chi connectivity index (χ4v) is 2.44. The van der Waals surface area contributed by atoms with Crippen molar-refractivity contribution in [3.63, 3.8) is 0 Å². The number of H-pyrrole nitrogens is 1. The first-order valence-corrected chi connectivity index (χ1v) is 6.46. The molecule has 0 fully saturated rings. The minimum absolute atomic E-state index is 0.107. The number of nitrogens with two attached hydrogens (primary N) is 1. The molecule has 0 bridgehead atoms. The molecule has 0 radical (unpaired) electrons. The average Bonchev–Trinajstić information content (AvgIpc) is 2.94. The Morgan fingerprint density at radius 1 is 1.76 bits per heavy atom. The Balaban J connectivity index is 1.85. The lowest BCUT2D eigenvalue weighted by molar-refractivity contribution is -0.128. The van der Waals surface area contributed by atoms with Crippen LogP contribution in [-0.2, 0) is 4.79 Å². The summed E-state index contributed by atoms with van der Waals surface area (Å²) in [6.45, 7) is 2.78. The topological polar surface area (TPSA) is 87.9 Å². The van der Waals surface area contributed by atoms with Crippen LogP contribution in [0.4, 0.5) is 5.95 Å². The summed E-state index contributed by atoms with van der Waals surface area (Å²) in [4.78, 5) is 17.8. The van der Waals surface area contributed by atoms with Crippen LogP contribution in [-0.4, -0.2) is 44.3 Å². The number of carbonyl (C=O) groups is 1. The van der Waals surface area contributed by atoms with E-state index in [1.165, 1.54) is 11.8 Å². The second kappa shape index (κ2) is 5.22. The predicted molar refractivity (Wildman–Crippen MR) is 66.5 cm³/mol. The van der Waals surface area contributed by atoms with Crippen LogP contribution < -0.4 is 5.73 Å². The third-order valence-electron chi connectivity index (χ3n) is 2.61. The van der Waals surface area contributed by atoms with Gasteiger partial charge >= 0.3 is 0 Å². The number of amides is 1. The van der Waals surface area contributed by atoms with E-state index in [0.29, 0.717) is 17.5 Å². The van der Waals surface area contributed by atoms with Gasteiger partial charge in [0, 0.05) is 6.54 Å². The molecule has 1 atom stereocenters. The molecular weight excluding hydrogens is 238 g/mol. The molecule has 0 aromatic carbocycles. The van der Waals surface area contributed by atoms with Gasteiger partial charge in [-0.2, -0.15) is 4.98 Å². The standard InChI is InChI=1S/C10H15N5OS/c1-2-7-4-3-5-15(7)8(16)6-17-10-12-9(11)13-14-10/h3-4,7H,2,5-6H2,1H3,(H3,11,12,13,14). The molecule has 2 rings (SSSR count). The Morgan fingerprint density at radius 2 is 2.59 bits per heavy atom. The lowest BCUT2D eigenvalue weighted by Gasteiger charge is -2.23. The van der Waals surface area contributed by atoms with Crippen molar-refractivity contribution in [2.24, 2.45) is 0 Å². The summed E-state index contributed by atoms with van der Waals surface area (Å²) >= 11 is 1.30. The number of carbonyl (C=O) groups excluding carboxylic acids is 1. The Hall–Kier alpha value is -1.50. The fourth-order valence-electron chi connectivity index (χ4n) is 1.75. The van der Waals surface area contributed by atoms with E-state index in [4.69, 9.17) is 5.73 Å². The van der Waals surface area contributed by atoms with Gasteiger partial charge in [0.25, 0.3) is 0 Å². The highest BCUT2D eigenvalue weighted by atomic mass is 32.2. The number of aromatic nitrogens is 3. The van der Waals surface area contributed by atoms with Gasteiger partial charge in [-0.25, -0.2) is 5.10 Å². The molecule has 1 aliphatic heterocycles. The van der Waals surface area contributed by atoms with Crippen LogP contribution in [0.25, 0.3) is 0 Å². The number of aromatic amines is 1. The fraction of sp³-hybridized carbons (Fsp3) is 0.500. The summed E-state index contributed by atoms with van der Waals surface area (Å²) in [5.41, 5.74) is 5.40. The molecule has 2 heterocycles. The Labute approximate surface area is 104 Å². The van der Waals surface area contributed by atoms with Crippen molar-refractivity contribution in [2.45, 2.75) is 24.5 Å². The first-order valence-electron chi connectivity index (χ1n) is 5.47. The molecule has 6 nitrogen and oxygen atoms in total. The molecule has 1 amide bonds. The van der Waals surface area contributed by atoms with Gasteiger partial charge < -0.3 is 10.6 Å². The van der Waals surface area contributed by atoms with Crippen LogP contribution in [0.5, 0.6) is 0 Å². The van der Waals surface area contributed by atoms with Crippen molar-refractivity contribution >= 4 is 23.6 Å². The summed E-state index contributed by atoms with van der Waals surface area (Å²) in [6.07, 6.45) is 5.05. The first-order chi connectivity index (χ1) is 8.20. The van der Waals surface area contributed by atoms with E-state index in [2.05, 4.69) is 28.2 Å². The lowest BCUT2D eigenvalue weighted by atomic mass is 10.2. The maximum absolute atomic E-state index is 12.0. The first kappa shape index (κ1) is 12.0. The van der Waals surface area contributed by atoms with E-state index in [1.54, 1.807) is 0 Å². The average molecular weight is 253 g/mol. The van der Waals surface area contributed by atoms with Crippen molar-refractivity contribution < 1.29 is 4.79 Å². The molecule has 3 N–H and O–H groups in total. The molecule has 1 aromatic rings. The number of thioether (sulfide) groups is 1. The van der Waals surface area contributed by atoms with Gasteiger partial charge in [-0.15, -0.1) is 5.10 Å². The molecule has 0 spiro atoms. The molecule has 1 unspecified atom stereocenters. The highest BCUT2D eigenvalue weighted by molar-refractivity contribution is 7.99. The summed E-state index contributed by atoms with van der Waals surface area (Å²) in [7, 11) is 0. The van der Waals surface area contributed by atoms with Gasteiger partial charge in [-0.1, -0.05) is 30.8 Å². The molecule has 92 valence electrons. The monoisotopic (exact) mass is 253 g/mol. The summed E-state index contributed by atoms with van der Waals surface area (Å²) in [5.74, 6) is 0.722.